The lowest BCUT2D eigenvalue weighted by atomic mass is 9.96. The van der Waals surface area contributed by atoms with Crippen LogP contribution >= 0.6 is 0 Å². The van der Waals surface area contributed by atoms with Crippen LogP contribution in [0.25, 0.3) is 0 Å². The smallest absolute Gasteiger partial charge is 0.124 e. The first-order valence-electron chi connectivity index (χ1n) is 6.20. The summed E-state index contributed by atoms with van der Waals surface area (Å²) in [5.41, 5.74) is 5.03. The molecule has 3 nitrogen and oxygen atoms in total. The molecule has 0 saturated heterocycles. The van der Waals surface area contributed by atoms with E-state index in [-0.39, 0.29) is 0 Å². The zero-order valence-electron chi connectivity index (χ0n) is 12.0. The van der Waals surface area contributed by atoms with Crippen molar-refractivity contribution in [1.29, 1.82) is 5.26 Å². The highest BCUT2D eigenvalue weighted by Gasteiger charge is 2.10. The van der Waals surface area contributed by atoms with Gasteiger partial charge < -0.3 is 4.74 Å². The average molecular weight is 246 g/mol. The van der Waals surface area contributed by atoms with Crippen LogP contribution in [0.15, 0.2) is 6.07 Å². The highest BCUT2D eigenvalue weighted by molar-refractivity contribution is 5.49. The van der Waals surface area contributed by atoms with E-state index in [0.717, 1.165) is 18.7 Å². The van der Waals surface area contributed by atoms with E-state index in [2.05, 4.69) is 32.9 Å². The van der Waals surface area contributed by atoms with E-state index in [4.69, 9.17) is 10.00 Å². The van der Waals surface area contributed by atoms with E-state index in [9.17, 15) is 0 Å². The molecule has 0 radical (unpaired) electrons. The summed E-state index contributed by atoms with van der Waals surface area (Å²) in [6.07, 6.45) is 0.968. The maximum absolute atomic E-state index is 8.64. The van der Waals surface area contributed by atoms with E-state index in [0.29, 0.717) is 6.54 Å². The molecule has 98 valence electrons. The van der Waals surface area contributed by atoms with Crippen LogP contribution in [0.2, 0.25) is 0 Å². The Balaban J connectivity index is 2.88. The van der Waals surface area contributed by atoms with Gasteiger partial charge in [0.05, 0.1) is 19.7 Å². The Morgan fingerprint density at radius 1 is 1.28 bits per heavy atom. The molecule has 0 heterocycles. The predicted molar refractivity (Wildman–Crippen MR) is 74.0 cm³/mol. The van der Waals surface area contributed by atoms with E-state index >= 15 is 0 Å². The maximum Gasteiger partial charge on any atom is 0.124 e. The van der Waals surface area contributed by atoms with Crippen molar-refractivity contribution in [2.45, 2.75) is 27.2 Å². The molecular formula is C15H22N2O. The van der Waals surface area contributed by atoms with Crippen LogP contribution in [0.1, 0.15) is 22.3 Å². The van der Waals surface area contributed by atoms with E-state index < -0.39 is 0 Å². The number of ether oxygens (including phenoxy) is 1. The van der Waals surface area contributed by atoms with Gasteiger partial charge in [-0.05, 0) is 56.5 Å². The van der Waals surface area contributed by atoms with Crippen molar-refractivity contribution >= 4 is 0 Å². The Bertz CT molecular complexity index is 461. The van der Waals surface area contributed by atoms with Crippen LogP contribution in [0, 0.1) is 32.1 Å². The maximum atomic E-state index is 8.64. The Kier molecular flexibility index (Phi) is 5.18. The number of nitriles is 1. The van der Waals surface area contributed by atoms with Gasteiger partial charge in [-0.3, -0.25) is 4.90 Å². The van der Waals surface area contributed by atoms with Gasteiger partial charge in [-0.2, -0.15) is 5.26 Å². The van der Waals surface area contributed by atoms with Gasteiger partial charge in [0.1, 0.15) is 5.75 Å². The molecule has 3 heteroatoms. The lowest BCUT2D eigenvalue weighted by Crippen LogP contribution is -2.21. The molecule has 1 aromatic carbocycles. The van der Waals surface area contributed by atoms with Crippen molar-refractivity contribution in [3.8, 4) is 11.8 Å². The number of hydrogen-bond acceptors (Lipinski definition) is 3. The highest BCUT2D eigenvalue weighted by Crippen LogP contribution is 2.28. The molecule has 0 aliphatic carbocycles. The van der Waals surface area contributed by atoms with Crippen LogP contribution in [-0.2, 0) is 6.42 Å². The third-order valence-electron chi connectivity index (χ3n) is 3.44. The topological polar surface area (TPSA) is 36.3 Å². The molecule has 0 unspecified atom stereocenters. The Labute approximate surface area is 110 Å². The molecule has 0 bridgehead atoms. The Morgan fingerprint density at radius 3 is 2.50 bits per heavy atom. The summed E-state index contributed by atoms with van der Waals surface area (Å²) in [6, 6.07) is 4.36. The molecule has 0 N–H and O–H groups in total. The summed E-state index contributed by atoms with van der Waals surface area (Å²) in [4.78, 5) is 2.04. The molecule has 0 spiro atoms. The van der Waals surface area contributed by atoms with E-state index in [1.807, 2.05) is 11.9 Å². The molecule has 0 aliphatic heterocycles. The van der Waals surface area contributed by atoms with Crippen molar-refractivity contribution in [3.63, 3.8) is 0 Å². The van der Waals surface area contributed by atoms with Gasteiger partial charge in [0.15, 0.2) is 0 Å². The summed E-state index contributed by atoms with van der Waals surface area (Å²) in [5, 5.41) is 8.64. The van der Waals surface area contributed by atoms with Crippen LogP contribution < -0.4 is 4.74 Å². The first kappa shape index (κ1) is 14.5. The summed E-state index contributed by atoms with van der Waals surface area (Å²) in [6.45, 7) is 7.70. The van der Waals surface area contributed by atoms with Gasteiger partial charge in [-0.15, -0.1) is 0 Å². The van der Waals surface area contributed by atoms with Crippen molar-refractivity contribution < 1.29 is 4.74 Å². The molecule has 1 rings (SSSR count). The van der Waals surface area contributed by atoms with E-state index in [1.54, 1.807) is 7.11 Å². The number of benzene rings is 1. The van der Waals surface area contributed by atoms with Crippen LogP contribution in [0.5, 0.6) is 5.75 Å². The Hall–Kier alpha value is -1.53. The van der Waals surface area contributed by atoms with Gasteiger partial charge in [-0.25, -0.2) is 0 Å². The third-order valence-corrected chi connectivity index (χ3v) is 3.44. The van der Waals surface area contributed by atoms with Gasteiger partial charge in [0, 0.05) is 6.54 Å². The first-order chi connectivity index (χ1) is 8.51. The SMILES string of the molecule is COc1c(C)cc(CCN(C)CC#N)c(C)c1C. The van der Waals surface area contributed by atoms with Gasteiger partial charge >= 0.3 is 0 Å². The van der Waals surface area contributed by atoms with Gasteiger partial charge in [-0.1, -0.05) is 6.07 Å². The average Bonchev–Trinajstić information content (AvgIpc) is 2.33. The fourth-order valence-electron chi connectivity index (χ4n) is 2.23. The second kappa shape index (κ2) is 6.42. The molecule has 0 atom stereocenters. The quantitative estimate of drug-likeness (QED) is 0.749. The van der Waals surface area contributed by atoms with Crippen LogP contribution in [-0.4, -0.2) is 32.1 Å². The lowest BCUT2D eigenvalue weighted by molar-refractivity contribution is 0.378. The first-order valence-corrected chi connectivity index (χ1v) is 6.20. The van der Waals surface area contributed by atoms with Crippen molar-refractivity contribution in [2.24, 2.45) is 0 Å². The Morgan fingerprint density at radius 2 is 1.94 bits per heavy atom. The highest BCUT2D eigenvalue weighted by atomic mass is 16.5. The minimum atomic E-state index is 0.479. The fraction of sp³-hybridized carbons (Fsp3) is 0.533. The minimum Gasteiger partial charge on any atom is -0.496 e. The van der Waals surface area contributed by atoms with Crippen LogP contribution in [0.4, 0.5) is 0 Å². The van der Waals surface area contributed by atoms with Crippen LogP contribution in [0.3, 0.4) is 0 Å². The number of hydrogen-bond donors (Lipinski definition) is 0. The van der Waals surface area contributed by atoms with Gasteiger partial charge in [0.25, 0.3) is 0 Å². The normalized spacial score (nSPS) is 10.5. The summed E-state index contributed by atoms with van der Waals surface area (Å²) in [5.74, 6) is 0.988. The van der Waals surface area contributed by atoms with Crippen molar-refractivity contribution in [2.75, 3.05) is 27.2 Å². The number of rotatable bonds is 5. The zero-order chi connectivity index (χ0) is 13.7. The number of nitrogens with zero attached hydrogens (tertiary/aromatic N) is 2. The predicted octanol–water partition coefficient (Wildman–Crippen LogP) is 2.62. The third kappa shape index (κ3) is 3.24. The fourth-order valence-corrected chi connectivity index (χ4v) is 2.23. The molecule has 1 aromatic rings. The molecule has 0 saturated carbocycles. The monoisotopic (exact) mass is 246 g/mol. The molecule has 0 fully saturated rings. The van der Waals surface area contributed by atoms with Gasteiger partial charge in [0.2, 0.25) is 0 Å². The second-order valence-corrected chi connectivity index (χ2v) is 4.78. The minimum absolute atomic E-state index is 0.479. The number of likely N-dealkylation sites (N-methyl/N-ethyl adjacent to an activating group) is 1. The summed E-state index contributed by atoms with van der Waals surface area (Å²) >= 11 is 0. The number of methoxy groups -OCH3 is 1. The molecule has 0 amide bonds. The van der Waals surface area contributed by atoms with Crippen molar-refractivity contribution in [3.05, 3.63) is 28.3 Å². The molecule has 18 heavy (non-hydrogen) atoms. The van der Waals surface area contributed by atoms with E-state index in [1.165, 1.54) is 22.3 Å². The number of aryl methyl sites for hydroxylation is 1. The largest absolute Gasteiger partial charge is 0.496 e. The zero-order valence-corrected chi connectivity index (χ0v) is 12.0. The summed E-state index contributed by atoms with van der Waals surface area (Å²) < 4.78 is 5.42. The molecule has 0 aromatic heterocycles. The van der Waals surface area contributed by atoms with Crippen molar-refractivity contribution in [1.82, 2.24) is 4.90 Å². The molecular weight excluding hydrogens is 224 g/mol. The summed E-state index contributed by atoms with van der Waals surface area (Å²) in [7, 11) is 3.69. The molecule has 0 aliphatic rings. The standard InChI is InChI=1S/C15H22N2O/c1-11-10-14(6-8-17(4)9-7-16)12(2)13(3)15(11)18-5/h10H,6,8-9H2,1-5H3. The second-order valence-electron chi connectivity index (χ2n) is 4.78. The lowest BCUT2D eigenvalue weighted by Gasteiger charge is -2.18.